The Kier molecular flexibility index (Phi) is 4.92. The predicted octanol–water partition coefficient (Wildman–Crippen LogP) is 1.92. The van der Waals surface area contributed by atoms with E-state index in [4.69, 9.17) is 0 Å². The van der Waals surface area contributed by atoms with Crippen LogP contribution in [0.2, 0.25) is 0 Å². The van der Waals surface area contributed by atoms with Crippen LogP contribution in [0.5, 0.6) is 0 Å². The van der Waals surface area contributed by atoms with Crippen molar-refractivity contribution in [2.75, 3.05) is 20.6 Å². The van der Waals surface area contributed by atoms with Gasteiger partial charge in [0.1, 0.15) is 4.90 Å². The minimum atomic E-state index is -3.65. The molecule has 0 aromatic carbocycles. The summed E-state index contributed by atoms with van der Waals surface area (Å²) >= 11 is 1.60. The highest BCUT2D eigenvalue weighted by Crippen LogP contribution is 2.22. The molecule has 0 aliphatic rings. The van der Waals surface area contributed by atoms with Gasteiger partial charge in [-0.25, -0.2) is 18.1 Å². The molecule has 0 aliphatic heterocycles. The lowest BCUT2D eigenvalue weighted by Crippen LogP contribution is -2.34. The lowest BCUT2D eigenvalue weighted by atomic mass is 10.1. The first-order valence-corrected chi connectivity index (χ1v) is 10.2. The molecule has 0 bridgehead atoms. The molecule has 0 fully saturated rings. The van der Waals surface area contributed by atoms with Crippen LogP contribution in [0.15, 0.2) is 34.0 Å². The standard InChI is InChI=1S/C16H21N5O2S2/c1-11-14-7-13(8-17-16(14)21(4)19-11)25(22,23)18-9-15(20(2)3)12-5-6-24-10-12/h5-8,10,15,18H,9H2,1-4H3. The summed E-state index contributed by atoms with van der Waals surface area (Å²) in [4.78, 5) is 6.40. The van der Waals surface area contributed by atoms with Crippen LogP contribution in [0.1, 0.15) is 17.3 Å². The third-order valence-corrected chi connectivity index (χ3v) is 6.26. The van der Waals surface area contributed by atoms with E-state index in [-0.39, 0.29) is 17.5 Å². The lowest BCUT2D eigenvalue weighted by Gasteiger charge is -2.23. The molecule has 3 heterocycles. The average molecular weight is 380 g/mol. The van der Waals surface area contributed by atoms with Gasteiger partial charge in [-0.3, -0.25) is 4.68 Å². The van der Waals surface area contributed by atoms with E-state index < -0.39 is 10.0 Å². The first-order valence-electron chi connectivity index (χ1n) is 7.77. The second-order valence-corrected chi connectivity index (χ2v) is 8.69. The van der Waals surface area contributed by atoms with Crippen molar-refractivity contribution in [3.63, 3.8) is 0 Å². The zero-order valence-electron chi connectivity index (χ0n) is 14.6. The molecule has 134 valence electrons. The van der Waals surface area contributed by atoms with Crippen LogP contribution in [-0.4, -0.2) is 48.7 Å². The average Bonchev–Trinajstić information content (AvgIpc) is 3.16. The van der Waals surface area contributed by atoms with Crippen LogP contribution in [0, 0.1) is 6.92 Å². The number of fused-ring (bicyclic) bond motifs is 1. The summed E-state index contributed by atoms with van der Waals surface area (Å²) < 4.78 is 29.7. The second-order valence-electron chi connectivity index (χ2n) is 6.14. The van der Waals surface area contributed by atoms with Gasteiger partial charge in [0.2, 0.25) is 10.0 Å². The summed E-state index contributed by atoms with van der Waals surface area (Å²) in [5.41, 5.74) is 2.52. The Morgan fingerprint density at radius 2 is 2.16 bits per heavy atom. The zero-order chi connectivity index (χ0) is 18.2. The molecule has 9 heteroatoms. The number of aromatic nitrogens is 3. The van der Waals surface area contributed by atoms with Crippen molar-refractivity contribution in [3.05, 3.63) is 40.3 Å². The first-order chi connectivity index (χ1) is 11.8. The predicted molar refractivity (Wildman–Crippen MR) is 99.2 cm³/mol. The van der Waals surface area contributed by atoms with E-state index in [9.17, 15) is 8.42 Å². The van der Waals surface area contributed by atoms with Crippen LogP contribution >= 0.6 is 11.3 Å². The molecule has 0 aliphatic carbocycles. The van der Waals surface area contributed by atoms with Gasteiger partial charge in [-0.1, -0.05) is 0 Å². The summed E-state index contributed by atoms with van der Waals surface area (Å²) in [5, 5.41) is 9.04. The van der Waals surface area contributed by atoms with Crippen molar-refractivity contribution in [1.29, 1.82) is 0 Å². The molecule has 7 nitrogen and oxygen atoms in total. The highest BCUT2D eigenvalue weighted by Gasteiger charge is 2.21. The van der Waals surface area contributed by atoms with Gasteiger partial charge < -0.3 is 4.90 Å². The number of nitrogens with zero attached hydrogens (tertiary/aromatic N) is 4. The number of thiophene rings is 1. The highest BCUT2D eigenvalue weighted by atomic mass is 32.2. The van der Waals surface area contributed by atoms with Crippen LogP contribution < -0.4 is 4.72 Å². The van der Waals surface area contributed by atoms with Crippen molar-refractivity contribution in [1.82, 2.24) is 24.4 Å². The van der Waals surface area contributed by atoms with Gasteiger partial charge in [0.25, 0.3) is 0 Å². The summed E-state index contributed by atoms with van der Waals surface area (Å²) in [7, 11) is 2.00. The van der Waals surface area contributed by atoms with Crippen LogP contribution in [0.4, 0.5) is 0 Å². The first kappa shape index (κ1) is 18.0. The van der Waals surface area contributed by atoms with Crippen molar-refractivity contribution in [2.24, 2.45) is 7.05 Å². The molecular weight excluding hydrogens is 358 g/mol. The fraction of sp³-hybridized carbons (Fsp3) is 0.375. The summed E-state index contributed by atoms with van der Waals surface area (Å²) in [5.74, 6) is 0. The molecule has 0 saturated carbocycles. The number of aryl methyl sites for hydroxylation is 2. The van der Waals surface area contributed by atoms with Crippen LogP contribution in [-0.2, 0) is 17.1 Å². The largest absolute Gasteiger partial charge is 0.301 e. The Hall–Kier alpha value is -1.81. The van der Waals surface area contributed by atoms with Crippen molar-refractivity contribution in [3.8, 4) is 0 Å². The molecule has 0 amide bonds. The van der Waals surface area contributed by atoms with E-state index in [2.05, 4.69) is 14.8 Å². The van der Waals surface area contributed by atoms with Gasteiger partial charge in [0.05, 0.1) is 5.69 Å². The number of nitrogens with one attached hydrogen (secondary N) is 1. The van der Waals surface area contributed by atoms with Gasteiger partial charge in [-0.05, 0) is 49.5 Å². The van der Waals surface area contributed by atoms with Gasteiger partial charge in [-0.15, -0.1) is 0 Å². The summed E-state index contributed by atoms with van der Waals surface area (Å²) in [6.07, 6.45) is 1.38. The molecule has 1 unspecified atom stereocenters. The molecule has 3 aromatic heterocycles. The lowest BCUT2D eigenvalue weighted by molar-refractivity contribution is 0.300. The summed E-state index contributed by atoms with van der Waals surface area (Å²) in [6.45, 7) is 2.13. The van der Waals surface area contributed by atoms with E-state index in [1.54, 1.807) is 29.1 Å². The fourth-order valence-corrected chi connectivity index (χ4v) is 4.49. The molecule has 1 atom stereocenters. The SMILES string of the molecule is Cc1nn(C)c2ncc(S(=O)(=O)NCC(c3ccsc3)N(C)C)cc12. The second kappa shape index (κ2) is 6.83. The minimum absolute atomic E-state index is 0.0298. The minimum Gasteiger partial charge on any atom is -0.301 e. The Bertz CT molecular complexity index is 978. The van der Waals surface area contributed by atoms with Gasteiger partial charge in [-0.2, -0.15) is 16.4 Å². The maximum atomic E-state index is 12.7. The highest BCUT2D eigenvalue weighted by molar-refractivity contribution is 7.89. The van der Waals surface area contributed by atoms with Gasteiger partial charge in [0.15, 0.2) is 5.65 Å². The quantitative estimate of drug-likeness (QED) is 0.708. The number of rotatable bonds is 6. The number of hydrogen-bond acceptors (Lipinski definition) is 6. The molecule has 1 N–H and O–H groups in total. The van der Waals surface area contributed by atoms with Gasteiger partial charge >= 0.3 is 0 Å². The van der Waals surface area contributed by atoms with Crippen molar-refractivity contribution >= 4 is 32.4 Å². The molecule has 3 rings (SSSR count). The number of likely N-dealkylation sites (N-methyl/N-ethyl adjacent to an activating group) is 1. The van der Waals surface area contributed by atoms with E-state index in [0.29, 0.717) is 5.65 Å². The Morgan fingerprint density at radius 3 is 2.80 bits per heavy atom. The Morgan fingerprint density at radius 1 is 1.40 bits per heavy atom. The fourth-order valence-electron chi connectivity index (χ4n) is 2.77. The van der Waals surface area contributed by atoms with E-state index >= 15 is 0 Å². The third-order valence-electron chi connectivity index (χ3n) is 4.17. The van der Waals surface area contributed by atoms with E-state index in [1.165, 1.54) is 6.20 Å². The third kappa shape index (κ3) is 3.59. The number of hydrogen-bond donors (Lipinski definition) is 1. The molecule has 0 spiro atoms. The monoisotopic (exact) mass is 379 g/mol. The van der Waals surface area contributed by atoms with Gasteiger partial charge in [0, 0.05) is 31.2 Å². The van der Waals surface area contributed by atoms with Crippen LogP contribution in [0.25, 0.3) is 11.0 Å². The zero-order valence-corrected chi connectivity index (χ0v) is 16.2. The van der Waals surface area contributed by atoms with Crippen LogP contribution in [0.3, 0.4) is 0 Å². The normalized spacial score (nSPS) is 13.6. The molecule has 0 radical (unpaired) electrons. The van der Waals surface area contributed by atoms with E-state index in [0.717, 1.165) is 16.6 Å². The Labute approximate surface area is 151 Å². The number of pyridine rings is 1. The van der Waals surface area contributed by atoms with Crippen molar-refractivity contribution < 1.29 is 8.42 Å². The van der Waals surface area contributed by atoms with Crippen molar-refractivity contribution in [2.45, 2.75) is 17.9 Å². The topological polar surface area (TPSA) is 80.1 Å². The molecule has 0 saturated heterocycles. The van der Waals surface area contributed by atoms with E-state index in [1.807, 2.05) is 42.7 Å². The Balaban J connectivity index is 1.85. The molecular formula is C16H21N5O2S2. The maximum absolute atomic E-state index is 12.7. The smallest absolute Gasteiger partial charge is 0.242 e. The molecule has 25 heavy (non-hydrogen) atoms. The summed E-state index contributed by atoms with van der Waals surface area (Å²) in [6, 6.07) is 3.61. The molecule has 3 aromatic rings. The maximum Gasteiger partial charge on any atom is 0.242 e. The number of sulfonamides is 1.